The zero-order valence-corrected chi connectivity index (χ0v) is 9.90. The molecule has 0 saturated heterocycles. The van der Waals surface area contributed by atoms with Gasteiger partial charge in [0, 0.05) is 13.1 Å². The third-order valence-corrected chi connectivity index (χ3v) is 2.63. The van der Waals surface area contributed by atoms with Crippen LogP contribution in [0.2, 0.25) is 0 Å². The first-order valence-corrected chi connectivity index (χ1v) is 5.65. The number of hydrogen-bond donors (Lipinski definition) is 2. The molecule has 1 heterocycles. The summed E-state index contributed by atoms with van der Waals surface area (Å²) in [6.45, 7) is 8.12. The maximum Gasteiger partial charge on any atom is 0.137 e. The maximum absolute atomic E-state index is 9.00. The predicted molar refractivity (Wildman–Crippen MR) is 62.7 cm³/mol. The second-order valence-electron chi connectivity index (χ2n) is 3.55. The van der Waals surface area contributed by atoms with Gasteiger partial charge in [-0.1, -0.05) is 13.8 Å². The van der Waals surface area contributed by atoms with E-state index in [1.165, 1.54) is 0 Å². The first-order valence-electron chi connectivity index (χ1n) is 5.65. The van der Waals surface area contributed by atoms with E-state index in [-0.39, 0.29) is 6.04 Å². The van der Waals surface area contributed by atoms with Crippen LogP contribution in [0.1, 0.15) is 25.6 Å². The largest absolute Gasteiger partial charge is 0.346 e. The monoisotopic (exact) mass is 221 g/mol. The highest BCUT2D eigenvalue weighted by Gasteiger charge is 2.10. The Hall–Kier alpha value is -1.38. The van der Waals surface area contributed by atoms with E-state index in [2.05, 4.69) is 40.1 Å². The Kier molecular flexibility index (Phi) is 5.54. The van der Waals surface area contributed by atoms with Crippen LogP contribution in [0.5, 0.6) is 0 Å². The summed E-state index contributed by atoms with van der Waals surface area (Å²) in [6, 6.07) is 1.92. The molecule has 1 atom stereocenters. The normalized spacial score (nSPS) is 12.6. The minimum absolute atomic E-state index is 0.293. The van der Waals surface area contributed by atoms with E-state index in [0.29, 0.717) is 0 Å². The van der Waals surface area contributed by atoms with Gasteiger partial charge in [-0.15, -0.1) is 0 Å². The molecule has 0 aliphatic rings. The van der Waals surface area contributed by atoms with E-state index >= 15 is 0 Å². The summed E-state index contributed by atoms with van der Waals surface area (Å²) in [5, 5.41) is 12.2. The van der Waals surface area contributed by atoms with Gasteiger partial charge < -0.3 is 9.88 Å². The summed E-state index contributed by atoms with van der Waals surface area (Å²) in [7, 11) is 0. The Morgan fingerprint density at radius 2 is 2.31 bits per heavy atom. The molecule has 1 unspecified atom stereocenters. The van der Waals surface area contributed by atoms with Crippen LogP contribution in [-0.2, 0) is 0 Å². The van der Waals surface area contributed by atoms with Gasteiger partial charge in [0.25, 0.3) is 0 Å². The molecule has 0 bridgehead atoms. The standard InChI is InChI=1S/C11H19N5/c1-3-16(4-2)6-5-14-10(7-12)11-8-13-9-15-11/h8-10,14H,3-6H2,1-2H3,(H,13,15). The van der Waals surface area contributed by atoms with Gasteiger partial charge in [0.05, 0.1) is 24.3 Å². The Labute approximate surface area is 96.5 Å². The number of nitrogens with zero attached hydrogens (tertiary/aromatic N) is 3. The first kappa shape index (κ1) is 12.7. The van der Waals surface area contributed by atoms with Crippen LogP contribution in [0, 0.1) is 11.3 Å². The van der Waals surface area contributed by atoms with E-state index in [9.17, 15) is 0 Å². The van der Waals surface area contributed by atoms with Crippen molar-refractivity contribution in [2.24, 2.45) is 0 Å². The van der Waals surface area contributed by atoms with E-state index in [1.54, 1.807) is 12.5 Å². The molecule has 88 valence electrons. The fourth-order valence-electron chi connectivity index (χ4n) is 1.56. The van der Waals surface area contributed by atoms with Crippen molar-refractivity contribution in [2.75, 3.05) is 26.2 Å². The highest BCUT2D eigenvalue weighted by atomic mass is 15.1. The molecule has 16 heavy (non-hydrogen) atoms. The van der Waals surface area contributed by atoms with Crippen LogP contribution < -0.4 is 5.32 Å². The van der Waals surface area contributed by atoms with Gasteiger partial charge in [0.1, 0.15) is 6.04 Å². The van der Waals surface area contributed by atoms with Crippen molar-refractivity contribution < 1.29 is 0 Å². The molecule has 5 nitrogen and oxygen atoms in total. The summed E-state index contributed by atoms with van der Waals surface area (Å²) in [5.74, 6) is 0. The molecular weight excluding hydrogens is 202 g/mol. The number of rotatable bonds is 7. The number of H-pyrrole nitrogens is 1. The lowest BCUT2D eigenvalue weighted by molar-refractivity contribution is 0.300. The van der Waals surface area contributed by atoms with E-state index < -0.39 is 0 Å². The van der Waals surface area contributed by atoms with E-state index in [1.807, 2.05) is 0 Å². The Bertz CT molecular complexity index is 310. The van der Waals surface area contributed by atoms with Gasteiger partial charge in [0.2, 0.25) is 0 Å². The van der Waals surface area contributed by atoms with Gasteiger partial charge in [-0.05, 0) is 13.1 Å². The number of nitriles is 1. The zero-order valence-electron chi connectivity index (χ0n) is 9.90. The number of likely N-dealkylation sites (N-methyl/N-ethyl adjacent to an activating group) is 1. The molecule has 0 saturated carbocycles. The number of aromatic amines is 1. The molecule has 1 aromatic heterocycles. The lowest BCUT2D eigenvalue weighted by atomic mass is 10.2. The van der Waals surface area contributed by atoms with Crippen molar-refractivity contribution >= 4 is 0 Å². The average Bonchev–Trinajstić information content (AvgIpc) is 2.83. The second kappa shape index (κ2) is 6.99. The van der Waals surface area contributed by atoms with Crippen molar-refractivity contribution in [1.82, 2.24) is 20.2 Å². The highest BCUT2D eigenvalue weighted by molar-refractivity contribution is 5.11. The lowest BCUT2D eigenvalue weighted by Crippen LogP contribution is -2.33. The third-order valence-electron chi connectivity index (χ3n) is 2.63. The highest BCUT2D eigenvalue weighted by Crippen LogP contribution is 2.06. The molecule has 0 spiro atoms. The van der Waals surface area contributed by atoms with Crippen molar-refractivity contribution in [3.05, 3.63) is 18.2 Å². The summed E-state index contributed by atoms with van der Waals surface area (Å²) in [4.78, 5) is 9.17. The summed E-state index contributed by atoms with van der Waals surface area (Å²) in [5.41, 5.74) is 0.821. The summed E-state index contributed by atoms with van der Waals surface area (Å²) >= 11 is 0. The molecule has 0 aromatic carbocycles. The smallest absolute Gasteiger partial charge is 0.137 e. The average molecular weight is 221 g/mol. The van der Waals surface area contributed by atoms with Crippen molar-refractivity contribution in [2.45, 2.75) is 19.9 Å². The van der Waals surface area contributed by atoms with Crippen LogP contribution in [0.3, 0.4) is 0 Å². The molecule has 0 amide bonds. The minimum atomic E-state index is -0.293. The SMILES string of the molecule is CCN(CC)CCNC(C#N)c1cnc[nH]1. The number of hydrogen-bond acceptors (Lipinski definition) is 4. The van der Waals surface area contributed by atoms with Gasteiger partial charge in [-0.2, -0.15) is 5.26 Å². The fourth-order valence-corrected chi connectivity index (χ4v) is 1.56. The minimum Gasteiger partial charge on any atom is -0.346 e. The molecule has 0 radical (unpaired) electrons. The molecule has 0 fully saturated rings. The van der Waals surface area contributed by atoms with Crippen LogP contribution >= 0.6 is 0 Å². The predicted octanol–water partition coefficient (Wildman–Crippen LogP) is 0.906. The van der Waals surface area contributed by atoms with Crippen molar-refractivity contribution in [1.29, 1.82) is 5.26 Å². The molecule has 0 aliphatic heterocycles. The fraction of sp³-hybridized carbons (Fsp3) is 0.636. The molecule has 0 aliphatic carbocycles. The number of nitrogens with one attached hydrogen (secondary N) is 2. The molecular formula is C11H19N5. The number of aromatic nitrogens is 2. The Morgan fingerprint density at radius 3 is 2.81 bits per heavy atom. The Balaban J connectivity index is 2.33. The van der Waals surface area contributed by atoms with Crippen molar-refractivity contribution in [3.63, 3.8) is 0 Å². The lowest BCUT2D eigenvalue weighted by Gasteiger charge is -2.19. The van der Waals surface area contributed by atoms with Gasteiger partial charge >= 0.3 is 0 Å². The Morgan fingerprint density at radius 1 is 1.56 bits per heavy atom. The zero-order chi connectivity index (χ0) is 11.8. The quantitative estimate of drug-likeness (QED) is 0.718. The molecule has 1 rings (SSSR count). The van der Waals surface area contributed by atoms with E-state index in [4.69, 9.17) is 5.26 Å². The summed E-state index contributed by atoms with van der Waals surface area (Å²) in [6.07, 6.45) is 3.27. The first-order chi connectivity index (χ1) is 7.81. The van der Waals surface area contributed by atoms with Gasteiger partial charge in [-0.25, -0.2) is 4.98 Å². The van der Waals surface area contributed by atoms with Crippen LogP contribution in [0.15, 0.2) is 12.5 Å². The van der Waals surface area contributed by atoms with Crippen LogP contribution in [-0.4, -0.2) is 41.0 Å². The van der Waals surface area contributed by atoms with Crippen LogP contribution in [0.4, 0.5) is 0 Å². The second-order valence-corrected chi connectivity index (χ2v) is 3.55. The molecule has 2 N–H and O–H groups in total. The third kappa shape index (κ3) is 3.65. The van der Waals surface area contributed by atoms with Gasteiger partial charge in [0.15, 0.2) is 0 Å². The maximum atomic E-state index is 9.00. The topological polar surface area (TPSA) is 67.7 Å². The molecule has 1 aromatic rings. The van der Waals surface area contributed by atoms with Crippen LogP contribution in [0.25, 0.3) is 0 Å². The molecule has 5 heteroatoms. The van der Waals surface area contributed by atoms with Gasteiger partial charge in [-0.3, -0.25) is 5.32 Å². The van der Waals surface area contributed by atoms with E-state index in [0.717, 1.165) is 31.9 Å². The summed E-state index contributed by atoms with van der Waals surface area (Å²) < 4.78 is 0. The van der Waals surface area contributed by atoms with Crippen molar-refractivity contribution in [3.8, 4) is 6.07 Å². The number of imidazole rings is 1.